The van der Waals surface area contributed by atoms with Crippen LogP contribution in [0.5, 0.6) is 0 Å². The molecule has 5 nitrogen and oxygen atoms in total. The first-order valence-corrected chi connectivity index (χ1v) is 9.27. The molecule has 1 aliphatic heterocycles. The van der Waals surface area contributed by atoms with Crippen LogP contribution in [-0.2, 0) is 13.1 Å². The van der Waals surface area contributed by atoms with Crippen molar-refractivity contribution in [1.29, 1.82) is 0 Å². The molecule has 1 fully saturated rings. The zero-order valence-corrected chi connectivity index (χ0v) is 15.1. The third kappa shape index (κ3) is 4.34. The van der Waals surface area contributed by atoms with Crippen LogP contribution in [0.25, 0.3) is 11.5 Å². The van der Waals surface area contributed by atoms with Crippen molar-refractivity contribution in [1.82, 2.24) is 14.7 Å². The van der Waals surface area contributed by atoms with Gasteiger partial charge in [-0.15, -0.1) is 5.10 Å². The summed E-state index contributed by atoms with van der Waals surface area (Å²) in [4.78, 5) is 14.3. The Balaban J connectivity index is 1.35. The molecule has 2 aromatic carbocycles. The van der Waals surface area contributed by atoms with E-state index >= 15 is 0 Å². The highest BCUT2D eigenvalue weighted by molar-refractivity contribution is 5.51. The highest BCUT2D eigenvalue weighted by atomic mass is 19.1. The molecule has 27 heavy (non-hydrogen) atoms. The number of aromatic nitrogens is 2. The Labute approximate surface area is 157 Å². The second-order valence-corrected chi connectivity index (χ2v) is 7.07. The number of nitrogens with zero attached hydrogens (tertiary/aromatic N) is 3. The topological polar surface area (TPSA) is 51.3 Å². The summed E-state index contributed by atoms with van der Waals surface area (Å²) in [5, 5.41) is 4.26. The maximum Gasteiger partial charge on any atom is 0.438 e. The minimum atomic E-state index is -0.485. The van der Waals surface area contributed by atoms with E-state index in [0.717, 1.165) is 32.4 Å². The summed E-state index contributed by atoms with van der Waals surface area (Å²) in [6.45, 7) is 2.28. The minimum absolute atomic E-state index is 0.221. The Kier molecular flexibility index (Phi) is 5.16. The van der Waals surface area contributed by atoms with E-state index < -0.39 is 5.76 Å². The van der Waals surface area contributed by atoms with Crippen LogP contribution >= 0.6 is 0 Å². The Bertz CT molecular complexity index is 926. The number of halogens is 1. The first-order chi connectivity index (χ1) is 13.2. The molecular formula is C21H22FN3O2. The smallest absolute Gasteiger partial charge is 0.388 e. The predicted octanol–water partition coefficient (Wildman–Crippen LogP) is 3.55. The first kappa shape index (κ1) is 17.7. The van der Waals surface area contributed by atoms with E-state index in [4.69, 9.17) is 4.42 Å². The second-order valence-electron chi connectivity index (χ2n) is 7.07. The summed E-state index contributed by atoms with van der Waals surface area (Å²) >= 11 is 0. The van der Waals surface area contributed by atoms with Crippen LogP contribution in [0.1, 0.15) is 18.4 Å². The van der Waals surface area contributed by atoms with E-state index in [9.17, 15) is 9.18 Å². The zero-order chi connectivity index (χ0) is 18.6. The molecule has 0 spiro atoms. The molecule has 1 saturated heterocycles. The molecule has 0 saturated carbocycles. The summed E-state index contributed by atoms with van der Waals surface area (Å²) < 4.78 is 19.6. The monoisotopic (exact) mass is 367 g/mol. The van der Waals surface area contributed by atoms with Crippen molar-refractivity contribution in [2.24, 2.45) is 5.92 Å². The van der Waals surface area contributed by atoms with Gasteiger partial charge >= 0.3 is 5.76 Å². The van der Waals surface area contributed by atoms with Gasteiger partial charge in [0.2, 0.25) is 5.89 Å². The number of piperidine rings is 1. The molecule has 2 heterocycles. The van der Waals surface area contributed by atoms with Crippen LogP contribution in [0, 0.1) is 11.7 Å². The third-order valence-electron chi connectivity index (χ3n) is 5.11. The van der Waals surface area contributed by atoms with Crippen LogP contribution in [0.2, 0.25) is 0 Å². The highest BCUT2D eigenvalue weighted by Gasteiger charge is 2.21. The molecule has 0 unspecified atom stereocenters. The Morgan fingerprint density at radius 1 is 1.04 bits per heavy atom. The molecule has 0 N–H and O–H groups in total. The number of hydrogen-bond donors (Lipinski definition) is 0. The van der Waals surface area contributed by atoms with Gasteiger partial charge in [0.1, 0.15) is 12.5 Å². The van der Waals surface area contributed by atoms with Crippen molar-refractivity contribution in [3.63, 3.8) is 0 Å². The van der Waals surface area contributed by atoms with Gasteiger partial charge in [-0.05, 0) is 55.0 Å². The minimum Gasteiger partial charge on any atom is -0.388 e. The van der Waals surface area contributed by atoms with Crippen LogP contribution in [0.4, 0.5) is 4.39 Å². The van der Waals surface area contributed by atoms with Gasteiger partial charge in [0.15, 0.2) is 0 Å². The van der Waals surface area contributed by atoms with Gasteiger partial charge in [0, 0.05) is 18.7 Å². The van der Waals surface area contributed by atoms with E-state index in [1.54, 1.807) is 12.1 Å². The summed E-state index contributed by atoms with van der Waals surface area (Å²) in [6, 6.07) is 16.3. The fourth-order valence-electron chi connectivity index (χ4n) is 3.57. The van der Waals surface area contributed by atoms with Crippen LogP contribution < -0.4 is 5.76 Å². The van der Waals surface area contributed by atoms with E-state index in [1.165, 1.54) is 22.4 Å². The van der Waals surface area contributed by atoms with Gasteiger partial charge in [0.05, 0.1) is 0 Å². The van der Waals surface area contributed by atoms with Gasteiger partial charge in [-0.3, -0.25) is 4.90 Å². The van der Waals surface area contributed by atoms with Crippen molar-refractivity contribution >= 4 is 0 Å². The number of benzene rings is 2. The van der Waals surface area contributed by atoms with Crippen molar-refractivity contribution in [3.05, 3.63) is 76.5 Å². The molecule has 140 valence electrons. The average Bonchev–Trinajstić information content (AvgIpc) is 3.05. The molecule has 4 rings (SSSR count). The molecule has 0 aliphatic carbocycles. The zero-order valence-electron chi connectivity index (χ0n) is 15.1. The summed E-state index contributed by atoms with van der Waals surface area (Å²) in [5.41, 5.74) is 1.97. The van der Waals surface area contributed by atoms with Gasteiger partial charge in [-0.25, -0.2) is 9.18 Å². The van der Waals surface area contributed by atoms with Gasteiger partial charge < -0.3 is 4.42 Å². The lowest BCUT2D eigenvalue weighted by molar-refractivity contribution is 0.137. The van der Waals surface area contributed by atoms with Gasteiger partial charge in [-0.2, -0.15) is 4.68 Å². The number of hydrogen-bond acceptors (Lipinski definition) is 4. The Morgan fingerprint density at radius 3 is 2.44 bits per heavy atom. The molecule has 0 radical (unpaired) electrons. The molecule has 1 aliphatic rings. The lowest BCUT2D eigenvalue weighted by Crippen LogP contribution is -2.38. The fourth-order valence-corrected chi connectivity index (χ4v) is 3.57. The van der Waals surface area contributed by atoms with Crippen LogP contribution in [0.3, 0.4) is 0 Å². The molecule has 0 atom stereocenters. The second kappa shape index (κ2) is 7.88. The average molecular weight is 367 g/mol. The van der Waals surface area contributed by atoms with Crippen molar-refractivity contribution in [3.8, 4) is 11.5 Å². The van der Waals surface area contributed by atoms with Crippen molar-refractivity contribution in [2.75, 3.05) is 13.1 Å². The molecule has 3 aromatic rings. The summed E-state index contributed by atoms with van der Waals surface area (Å²) in [7, 11) is 0. The normalized spacial score (nSPS) is 15.9. The van der Waals surface area contributed by atoms with E-state index in [2.05, 4.69) is 34.3 Å². The summed E-state index contributed by atoms with van der Waals surface area (Å²) in [5.74, 6) is 0.0751. The third-order valence-corrected chi connectivity index (χ3v) is 5.11. The molecular weight excluding hydrogens is 345 g/mol. The van der Waals surface area contributed by atoms with Gasteiger partial charge in [-0.1, -0.05) is 30.3 Å². The largest absolute Gasteiger partial charge is 0.438 e. The maximum atomic E-state index is 13.0. The molecule has 1 aromatic heterocycles. The molecule has 0 amide bonds. The number of likely N-dealkylation sites (tertiary alicyclic amines) is 1. The van der Waals surface area contributed by atoms with Crippen molar-refractivity contribution < 1.29 is 8.81 Å². The standard InChI is InChI=1S/C21H22FN3O2/c22-19-8-6-18(7-9-19)20-23-25(21(26)27-20)15-24-12-10-17(11-13-24)14-16-4-2-1-3-5-16/h1-9,17H,10-15H2. The molecule has 0 bridgehead atoms. The maximum absolute atomic E-state index is 13.0. The van der Waals surface area contributed by atoms with E-state index in [-0.39, 0.29) is 11.7 Å². The molecule has 6 heteroatoms. The Hall–Kier alpha value is -2.73. The van der Waals surface area contributed by atoms with Crippen molar-refractivity contribution in [2.45, 2.75) is 25.9 Å². The lowest BCUT2D eigenvalue weighted by Gasteiger charge is -2.31. The van der Waals surface area contributed by atoms with E-state index in [0.29, 0.717) is 18.2 Å². The fraction of sp³-hybridized carbons (Fsp3) is 0.333. The van der Waals surface area contributed by atoms with E-state index in [1.807, 2.05) is 6.07 Å². The summed E-state index contributed by atoms with van der Waals surface area (Å²) in [6.07, 6.45) is 3.31. The lowest BCUT2D eigenvalue weighted by atomic mass is 9.90. The van der Waals surface area contributed by atoms with Crippen LogP contribution in [-0.4, -0.2) is 27.8 Å². The number of rotatable bonds is 5. The van der Waals surface area contributed by atoms with Crippen LogP contribution in [0.15, 0.2) is 63.8 Å². The highest BCUT2D eigenvalue weighted by Crippen LogP contribution is 2.22. The quantitative estimate of drug-likeness (QED) is 0.692. The first-order valence-electron chi connectivity index (χ1n) is 9.27. The van der Waals surface area contributed by atoms with Gasteiger partial charge in [0.25, 0.3) is 0 Å². The SMILES string of the molecule is O=c1oc(-c2ccc(F)cc2)nn1CN1CCC(Cc2ccccc2)CC1. The Morgan fingerprint density at radius 2 is 1.74 bits per heavy atom. The predicted molar refractivity (Wildman–Crippen MR) is 101 cm³/mol.